The summed E-state index contributed by atoms with van der Waals surface area (Å²) < 4.78 is 2.42. The van der Waals surface area contributed by atoms with E-state index in [0.29, 0.717) is 0 Å². The number of aromatic nitrogens is 4. The predicted octanol–water partition coefficient (Wildman–Crippen LogP) is 10.8. The first kappa shape index (κ1) is 27.0. The van der Waals surface area contributed by atoms with Crippen LogP contribution in [0.1, 0.15) is 0 Å². The first-order chi connectivity index (χ1) is 23.3. The van der Waals surface area contributed by atoms with Crippen LogP contribution in [0.3, 0.4) is 0 Å². The van der Waals surface area contributed by atoms with Gasteiger partial charge in [-0.25, -0.2) is 0 Å². The molecule has 0 bridgehead atoms. The normalized spacial score (nSPS) is 11.4. The number of rotatable bonds is 5. The number of nitrogens with zero attached hydrogens (tertiary/aromatic N) is 4. The van der Waals surface area contributed by atoms with Crippen LogP contribution in [-0.2, 0) is 0 Å². The van der Waals surface area contributed by atoms with Crippen molar-refractivity contribution in [2.45, 2.75) is 0 Å². The van der Waals surface area contributed by atoms with Gasteiger partial charge in [0.1, 0.15) is 0 Å². The summed E-state index contributed by atoms with van der Waals surface area (Å²) in [6.45, 7) is 0. The molecule has 0 saturated carbocycles. The Morgan fingerprint density at radius 2 is 1.06 bits per heavy atom. The fourth-order valence-electron chi connectivity index (χ4n) is 6.71. The van der Waals surface area contributed by atoms with E-state index in [1.165, 1.54) is 54.8 Å². The van der Waals surface area contributed by atoms with Crippen molar-refractivity contribution in [1.29, 1.82) is 0 Å². The van der Waals surface area contributed by atoms with Gasteiger partial charge in [-0.3, -0.25) is 15.0 Å². The Labute approximate surface area is 272 Å². The van der Waals surface area contributed by atoms with Gasteiger partial charge in [0.2, 0.25) is 0 Å². The van der Waals surface area contributed by atoms with Crippen molar-refractivity contribution in [1.82, 2.24) is 19.5 Å². The molecule has 0 N–H and O–H groups in total. The van der Waals surface area contributed by atoms with Crippen LogP contribution in [0.2, 0.25) is 0 Å². The summed E-state index contributed by atoms with van der Waals surface area (Å²) in [5, 5.41) is 4.87. The van der Waals surface area contributed by atoms with Gasteiger partial charge in [-0.1, -0.05) is 84.9 Å². The molecule has 4 heteroatoms. The van der Waals surface area contributed by atoms with Crippen molar-refractivity contribution in [3.8, 4) is 50.3 Å². The summed E-state index contributed by atoms with van der Waals surface area (Å²) in [5.74, 6) is 0. The van der Waals surface area contributed by atoms with Gasteiger partial charge >= 0.3 is 0 Å². The second-order valence-electron chi connectivity index (χ2n) is 11.8. The average Bonchev–Trinajstić information content (AvgIpc) is 3.50. The maximum Gasteiger partial charge on any atom is 0.0717 e. The van der Waals surface area contributed by atoms with E-state index in [1.807, 2.05) is 61.3 Å². The number of fused-ring (bicyclic) bond motifs is 5. The lowest BCUT2D eigenvalue weighted by Crippen LogP contribution is -1.94. The molecule has 0 fully saturated rings. The third kappa shape index (κ3) is 4.75. The Hall–Kier alpha value is -6.39. The smallest absolute Gasteiger partial charge is 0.0717 e. The Bertz CT molecular complexity index is 2540. The highest BCUT2D eigenvalue weighted by Crippen LogP contribution is 2.39. The topological polar surface area (TPSA) is 43.6 Å². The predicted molar refractivity (Wildman–Crippen MR) is 193 cm³/mol. The minimum Gasteiger partial charge on any atom is -0.309 e. The van der Waals surface area contributed by atoms with Gasteiger partial charge in [-0.2, -0.15) is 0 Å². The number of para-hydroxylation sites is 1. The largest absolute Gasteiger partial charge is 0.309 e. The lowest BCUT2D eigenvalue weighted by atomic mass is 9.98. The van der Waals surface area contributed by atoms with Gasteiger partial charge in [-0.05, 0) is 87.8 Å². The van der Waals surface area contributed by atoms with Gasteiger partial charge in [0.15, 0.2) is 0 Å². The van der Waals surface area contributed by atoms with Crippen LogP contribution < -0.4 is 0 Å². The molecule has 0 aliphatic carbocycles. The molecular weight excluding hydrogens is 573 g/mol. The molecule has 4 heterocycles. The fourth-order valence-corrected chi connectivity index (χ4v) is 6.71. The Morgan fingerprint density at radius 3 is 1.85 bits per heavy atom. The Balaban J connectivity index is 1.20. The molecular formula is C43H28N4. The second-order valence-corrected chi connectivity index (χ2v) is 11.8. The molecule has 9 aromatic rings. The van der Waals surface area contributed by atoms with Crippen molar-refractivity contribution in [2.24, 2.45) is 0 Å². The van der Waals surface area contributed by atoms with E-state index in [9.17, 15) is 0 Å². The molecule has 0 amide bonds. The average molecular weight is 601 g/mol. The number of hydrogen-bond acceptors (Lipinski definition) is 3. The van der Waals surface area contributed by atoms with Crippen LogP contribution in [0.4, 0.5) is 0 Å². The molecule has 220 valence electrons. The van der Waals surface area contributed by atoms with Crippen molar-refractivity contribution in [3.05, 3.63) is 171 Å². The standard InChI is InChI=1S/C43H28N4/c1-2-6-37(7-3-1)47-42-26-33(30-11-9-29(10-12-30)31-19-22-44-23-20-31)14-17-39(42)40-18-15-34-24-32(13-16-38(34)43(40)47)35-25-36(28-45-27-35)41-8-4-5-21-46-41/h1-28H. The molecule has 0 aliphatic heterocycles. The first-order valence-electron chi connectivity index (χ1n) is 15.7. The zero-order chi connectivity index (χ0) is 31.2. The lowest BCUT2D eigenvalue weighted by molar-refractivity contribution is 1.19. The van der Waals surface area contributed by atoms with Gasteiger partial charge in [0.25, 0.3) is 0 Å². The SMILES string of the molecule is c1ccc(-n2c3cc(-c4ccc(-c5ccncc5)cc4)ccc3c3ccc4cc(-c5cncc(-c6ccccn6)c5)ccc4c32)cc1. The van der Waals surface area contributed by atoms with E-state index in [0.717, 1.165) is 28.1 Å². The molecule has 0 unspecified atom stereocenters. The highest BCUT2D eigenvalue weighted by molar-refractivity contribution is 6.19. The number of benzene rings is 5. The molecule has 0 saturated heterocycles. The maximum atomic E-state index is 4.56. The third-order valence-electron chi connectivity index (χ3n) is 9.02. The zero-order valence-corrected chi connectivity index (χ0v) is 25.5. The van der Waals surface area contributed by atoms with Crippen LogP contribution in [-0.4, -0.2) is 19.5 Å². The maximum absolute atomic E-state index is 4.56. The summed E-state index contributed by atoms with van der Waals surface area (Å²) in [6, 6.07) is 49.8. The summed E-state index contributed by atoms with van der Waals surface area (Å²) in [7, 11) is 0. The lowest BCUT2D eigenvalue weighted by Gasteiger charge is -2.12. The molecule has 5 aromatic carbocycles. The van der Waals surface area contributed by atoms with E-state index < -0.39 is 0 Å². The van der Waals surface area contributed by atoms with Gasteiger partial charge in [-0.15, -0.1) is 0 Å². The fraction of sp³-hybridized carbons (Fsp3) is 0. The van der Waals surface area contributed by atoms with Crippen molar-refractivity contribution in [2.75, 3.05) is 0 Å². The summed E-state index contributed by atoms with van der Waals surface area (Å²) in [4.78, 5) is 13.2. The summed E-state index contributed by atoms with van der Waals surface area (Å²) >= 11 is 0. The van der Waals surface area contributed by atoms with Crippen LogP contribution in [0, 0.1) is 0 Å². The summed E-state index contributed by atoms with van der Waals surface area (Å²) in [5.41, 5.74) is 12.4. The van der Waals surface area contributed by atoms with Crippen molar-refractivity contribution < 1.29 is 0 Å². The highest BCUT2D eigenvalue weighted by Gasteiger charge is 2.17. The first-order valence-corrected chi connectivity index (χ1v) is 15.7. The Kier molecular flexibility index (Phi) is 6.43. The monoisotopic (exact) mass is 600 g/mol. The quantitative estimate of drug-likeness (QED) is 0.197. The van der Waals surface area contributed by atoms with E-state index >= 15 is 0 Å². The molecule has 4 aromatic heterocycles. The minimum absolute atomic E-state index is 0.917. The number of pyridine rings is 3. The van der Waals surface area contributed by atoms with Gasteiger partial charge in [0.05, 0.1) is 16.7 Å². The van der Waals surface area contributed by atoms with Crippen molar-refractivity contribution >= 4 is 32.6 Å². The molecule has 0 radical (unpaired) electrons. The van der Waals surface area contributed by atoms with E-state index in [2.05, 4.69) is 129 Å². The van der Waals surface area contributed by atoms with Crippen molar-refractivity contribution in [3.63, 3.8) is 0 Å². The molecule has 47 heavy (non-hydrogen) atoms. The van der Waals surface area contributed by atoms with E-state index in [-0.39, 0.29) is 0 Å². The van der Waals surface area contributed by atoms with Gasteiger partial charge in [0, 0.05) is 64.0 Å². The van der Waals surface area contributed by atoms with Gasteiger partial charge < -0.3 is 4.57 Å². The number of hydrogen-bond donors (Lipinski definition) is 0. The van der Waals surface area contributed by atoms with Crippen LogP contribution >= 0.6 is 0 Å². The van der Waals surface area contributed by atoms with E-state index in [1.54, 1.807) is 0 Å². The molecule has 4 nitrogen and oxygen atoms in total. The zero-order valence-electron chi connectivity index (χ0n) is 25.5. The second kappa shape index (κ2) is 11.2. The molecule has 0 aliphatic rings. The molecule has 0 spiro atoms. The summed E-state index contributed by atoms with van der Waals surface area (Å²) in [6.07, 6.45) is 9.29. The minimum atomic E-state index is 0.917. The molecule has 9 rings (SSSR count). The van der Waals surface area contributed by atoms with Crippen LogP contribution in [0.15, 0.2) is 171 Å². The van der Waals surface area contributed by atoms with Crippen LogP contribution in [0.5, 0.6) is 0 Å². The van der Waals surface area contributed by atoms with E-state index in [4.69, 9.17) is 0 Å². The molecule has 0 atom stereocenters. The third-order valence-corrected chi connectivity index (χ3v) is 9.02. The Morgan fingerprint density at radius 1 is 0.404 bits per heavy atom. The van der Waals surface area contributed by atoms with Crippen LogP contribution in [0.25, 0.3) is 82.9 Å². The highest BCUT2D eigenvalue weighted by atomic mass is 15.0.